The van der Waals surface area contributed by atoms with E-state index in [1.165, 1.54) is 0 Å². The first-order valence-corrected chi connectivity index (χ1v) is 10.9. The SMILES string of the molecule is Cc1cc(CN2CCNC(=O)[C@@H]2Cc2nc3ccccc3o2)nc(-c2ccc(Cl)cc2)n1. The van der Waals surface area contributed by atoms with Gasteiger partial charge in [0.2, 0.25) is 5.91 Å². The van der Waals surface area contributed by atoms with Crippen LogP contribution in [0.2, 0.25) is 5.02 Å². The van der Waals surface area contributed by atoms with E-state index in [-0.39, 0.29) is 11.9 Å². The molecule has 1 aliphatic rings. The highest BCUT2D eigenvalue weighted by atomic mass is 35.5. The summed E-state index contributed by atoms with van der Waals surface area (Å²) in [5.41, 5.74) is 4.16. The van der Waals surface area contributed by atoms with Crippen LogP contribution in [-0.4, -0.2) is 44.9 Å². The van der Waals surface area contributed by atoms with Crippen molar-refractivity contribution >= 4 is 28.6 Å². The lowest BCUT2D eigenvalue weighted by atomic mass is 10.1. The molecule has 32 heavy (non-hydrogen) atoms. The van der Waals surface area contributed by atoms with Crippen molar-refractivity contribution < 1.29 is 9.21 Å². The standard InChI is InChI=1S/C24H22ClN5O2/c1-15-12-18(28-23(27-15)16-6-8-17(25)9-7-16)14-30-11-10-26-24(31)20(30)13-22-29-19-4-2-3-5-21(19)32-22/h2-9,12,20H,10-11,13-14H2,1H3,(H,26,31)/t20-/m0/s1. The molecule has 0 bridgehead atoms. The molecule has 0 radical (unpaired) electrons. The van der Waals surface area contributed by atoms with Gasteiger partial charge in [-0.2, -0.15) is 0 Å². The molecule has 162 valence electrons. The average molecular weight is 448 g/mol. The summed E-state index contributed by atoms with van der Waals surface area (Å²) in [4.78, 5) is 28.7. The molecule has 1 amide bonds. The summed E-state index contributed by atoms with van der Waals surface area (Å²) in [5.74, 6) is 1.18. The summed E-state index contributed by atoms with van der Waals surface area (Å²) in [5, 5.41) is 3.63. The highest BCUT2D eigenvalue weighted by Crippen LogP contribution is 2.22. The zero-order valence-corrected chi connectivity index (χ0v) is 18.3. The van der Waals surface area contributed by atoms with Gasteiger partial charge in [0.1, 0.15) is 5.52 Å². The van der Waals surface area contributed by atoms with Crippen LogP contribution >= 0.6 is 11.6 Å². The molecule has 8 heteroatoms. The third kappa shape index (κ3) is 4.35. The van der Waals surface area contributed by atoms with Crippen molar-refractivity contribution in [2.24, 2.45) is 0 Å². The Kier molecular flexibility index (Phi) is 5.59. The fraction of sp³-hybridized carbons (Fsp3) is 0.250. The molecule has 2 aromatic carbocycles. The van der Waals surface area contributed by atoms with Crippen LogP contribution in [0.5, 0.6) is 0 Å². The Morgan fingerprint density at radius 2 is 1.94 bits per heavy atom. The molecule has 0 saturated carbocycles. The van der Waals surface area contributed by atoms with Crippen molar-refractivity contribution in [3.8, 4) is 11.4 Å². The summed E-state index contributed by atoms with van der Waals surface area (Å²) in [6, 6.07) is 16.7. The Hall–Kier alpha value is -3.29. The van der Waals surface area contributed by atoms with E-state index in [1.807, 2.05) is 61.5 Å². The van der Waals surface area contributed by atoms with Crippen molar-refractivity contribution in [1.29, 1.82) is 0 Å². The number of aryl methyl sites for hydroxylation is 1. The number of hydrogen-bond donors (Lipinski definition) is 1. The second-order valence-electron chi connectivity index (χ2n) is 7.89. The maximum absolute atomic E-state index is 12.7. The summed E-state index contributed by atoms with van der Waals surface area (Å²) < 4.78 is 5.87. The molecular formula is C24H22ClN5O2. The lowest BCUT2D eigenvalue weighted by molar-refractivity contribution is -0.129. The zero-order chi connectivity index (χ0) is 22.1. The number of nitrogens with one attached hydrogen (secondary N) is 1. The number of nitrogens with zero attached hydrogens (tertiary/aromatic N) is 4. The maximum atomic E-state index is 12.7. The third-order valence-electron chi connectivity index (χ3n) is 5.52. The molecule has 2 aromatic heterocycles. The lowest BCUT2D eigenvalue weighted by Gasteiger charge is -2.34. The van der Waals surface area contributed by atoms with Gasteiger partial charge in [-0.15, -0.1) is 0 Å². The van der Waals surface area contributed by atoms with Crippen molar-refractivity contribution in [2.75, 3.05) is 13.1 Å². The quantitative estimate of drug-likeness (QED) is 0.501. The van der Waals surface area contributed by atoms with Gasteiger partial charge >= 0.3 is 0 Å². The molecular weight excluding hydrogens is 426 g/mol. The van der Waals surface area contributed by atoms with Crippen molar-refractivity contribution in [3.63, 3.8) is 0 Å². The fourth-order valence-electron chi connectivity index (χ4n) is 4.00. The number of aromatic nitrogens is 3. The van der Waals surface area contributed by atoms with Gasteiger partial charge in [-0.25, -0.2) is 15.0 Å². The highest BCUT2D eigenvalue weighted by molar-refractivity contribution is 6.30. The molecule has 0 unspecified atom stereocenters. The first kappa shape index (κ1) is 20.6. The van der Waals surface area contributed by atoms with Gasteiger partial charge in [0.05, 0.1) is 11.7 Å². The Morgan fingerprint density at radius 3 is 2.75 bits per heavy atom. The van der Waals surface area contributed by atoms with Gasteiger partial charge in [-0.1, -0.05) is 23.7 Å². The Bertz CT molecular complexity index is 1240. The number of benzene rings is 2. The van der Waals surface area contributed by atoms with E-state index < -0.39 is 0 Å². The van der Waals surface area contributed by atoms with E-state index in [9.17, 15) is 4.79 Å². The minimum Gasteiger partial charge on any atom is -0.441 e. The smallest absolute Gasteiger partial charge is 0.237 e. The molecule has 3 heterocycles. The van der Waals surface area contributed by atoms with Gasteiger partial charge in [0.15, 0.2) is 17.3 Å². The predicted octanol–water partition coefficient (Wildman–Crippen LogP) is 3.79. The number of fused-ring (bicyclic) bond motifs is 1. The second kappa shape index (κ2) is 8.68. The number of hydrogen-bond acceptors (Lipinski definition) is 6. The van der Waals surface area contributed by atoms with Gasteiger partial charge in [-0.05, 0) is 49.4 Å². The molecule has 0 aliphatic carbocycles. The number of amides is 1. The van der Waals surface area contributed by atoms with Gasteiger partial charge < -0.3 is 9.73 Å². The Balaban J connectivity index is 1.40. The molecule has 5 rings (SSSR count). The minimum atomic E-state index is -0.383. The highest BCUT2D eigenvalue weighted by Gasteiger charge is 2.31. The average Bonchev–Trinajstić information content (AvgIpc) is 3.19. The van der Waals surface area contributed by atoms with Crippen LogP contribution in [0.3, 0.4) is 0 Å². The lowest BCUT2D eigenvalue weighted by Crippen LogP contribution is -2.55. The predicted molar refractivity (Wildman–Crippen MR) is 122 cm³/mol. The Morgan fingerprint density at radius 1 is 1.12 bits per heavy atom. The second-order valence-corrected chi connectivity index (χ2v) is 8.32. The van der Waals surface area contributed by atoms with Crippen molar-refractivity contribution in [1.82, 2.24) is 25.2 Å². The Labute approximate surface area is 190 Å². The van der Waals surface area contributed by atoms with Crippen LogP contribution in [0.25, 0.3) is 22.5 Å². The molecule has 7 nitrogen and oxygen atoms in total. The number of piperazine rings is 1. The molecule has 1 atom stereocenters. The van der Waals surface area contributed by atoms with Crippen LogP contribution in [-0.2, 0) is 17.8 Å². The first-order chi connectivity index (χ1) is 15.5. The molecule has 1 N–H and O–H groups in total. The van der Waals surface area contributed by atoms with E-state index in [2.05, 4.69) is 20.2 Å². The summed E-state index contributed by atoms with van der Waals surface area (Å²) in [6.45, 7) is 3.79. The van der Waals surface area contributed by atoms with Crippen LogP contribution in [0.4, 0.5) is 0 Å². The van der Waals surface area contributed by atoms with Gasteiger partial charge in [0, 0.05) is 42.3 Å². The number of halogens is 1. The number of carbonyl (C=O) groups is 1. The van der Waals surface area contributed by atoms with Crippen molar-refractivity contribution in [2.45, 2.75) is 25.9 Å². The van der Waals surface area contributed by atoms with Gasteiger partial charge in [0.25, 0.3) is 0 Å². The summed E-state index contributed by atoms with van der Waals surface area (Å²) in [6.07, 6.45) is 0.397. The molecule has 4 aromatic rings. The molecule has 1 fully saturated rings. The molecule has 1 aliphatic heterocycles. The number of rotatable bonds is 5. The normalized spacial score (nSPS) is 16.9. The monoisotopic (exact) mass is 447 g/mol. The van der Waals surface area contributed by atoms with Crippen LogP contribution in [0.15, 0.2) is 59.0 Å². The largest absolute Gasteiger partial charge is 0.441 e. The van der Waals surface area contributed by atoms with Gasteiger partial charge in [-0.3, -0.25) is 9.69 Å². The third-order valence-corrected chi connectivity index (χ3v) is 5.77. The van der Waals surface area contributed by atoms with E-state index in [0.717, 1.165) is 34.6 Å². The zero-order valence-electron chi connectivity index (χ0n) is 17.6. The molecule has 1 saturated heterocycles. The topological polar surface area (TPSA) is 84.2 Å². The van der Waals surface area contributed by atoms with E-state index in [4.69, 9.17) is 21.0 Å². The van der Waals surface area contributed by atoms with E-state index in [1.54, 1.807) is 0 Å². The maximum Gasteiger partial charge on any atom is 0.237 e. The van der Waals surface area contributed by atoms with Crippen LogP contribution in [0.1, 0.15) is 17.3 Å². The summed E-state index contributed by atoms with van der Waals surface area (Å²) >= 11 is 6.01. The van der Waals surface area contributed by atoms with E-state index in [0.29, 0.717) is 36.2 Å². The van der Waals surface area contributed by atoms with E-state index >= 15 is 0 Å². The number of carbonyl (C=O) groups excluding carboxylic acids is 1. The first-order valence-electron chi connectivity index (χ1n) is 10.5. The minimum absolute atomic E-state index is 0.0257. The fourth-order valence-corrected chi connectivity index (χ4v) is 4.12. The summed E-state index contributed by atoms with van der Waals surface area (Å²) in [7, 11) is 0. The number of oxazole rings is 1. The van der Waals surface area contributed by atoms with Crippen LogP contribution < -0.4 is 5.32 Å². The molecule has 0 spiro atoms. The van der Waals surface area contributed by atoms with Crippen LogP contribution in [0, 0.1) is 6.92 Å². The van der Waals surface area contributed by atoms with Crippen molar-refractivity contribution in [3.05, 3.63) is 76.9 Å². The number of para-hydroxylation sites is 2.